The average molecular weight is 274 g/mol. The second-order valence-corrected chi connectivity index (χ2v) is 5.09. The van der Waals surface area contributed by atoms with Crippen molar-refractivity contribution in [1.82, 2.24) is 0 Å². The van der Waals surface area contributed by atoms with Crippen molar-refractivity contribution in [1.29, 1.82) is 0 Å². The molecule has 1 unspecified atom stereocenters. The van der Waals surface area contributed by atoms with E-state index in [9.17, 15) is 0 Å². The van der Waals surface area contributed by atoms with Crippen LogP contribution < -0.4 is 0 Å². The van der Waals surface area contributed by atoms with Crippen molar-refractivity contribution in [2.24, 2.45) is 0 Å². The summed E-state index contributed by atoms with van der Waals surface area (Å²) >= 11 is 0. The molecule has 1 rings (SSSR count). The number of benzene rings is 1. The van der Waals surface area contributed by atoms with Crippen LogP contribution in [-0.4, -0.2) is 17.8 Å². The second kappa shape index (κ2) is 10.5. The van der Waals surface area contributed by atoms with Gasteiger partial charge in [0.25, 0.3) is 0 Å². The molecule has 0 aromatic heterocycles. The Morgan fingerprint density at radius 3 is 2.75 bits per heavy atom. The molecule has 1 aromatic carbocycles. The van der Waals surface area contributed by atoms with Crippen LogP contribution in [0.5, 0.6) is 0 Å². The van der Waals surface area contributed by atoms with Gasteiger partial charge in [0.1, 0.15) is 6.61 Å². The molecule has 110 valence electrons. The molecule has 2 heteroatoms. The third kappa shape index (κ3) is 6.75. The smallest absolute Gasteiger partial charge is 0.104 e. The number of hydrogen-bond donors (Lipinski definition) is 1. The second-order valence-electron chi connectivity index (χ2n) is 5.09. The maximum Gasteiger partial charge on any atom is 0.104 e. The minimum absolute atomic E-state index is 0.108. The van der Waals surface area contributed by atoms with Crippen LogP contribution in [0.2, 0.25) is 0 Å². The van der Waals surface area contributed by atoms with Crippen molar-refractivity contribution in [3.05, 3.63) is 35.4 Å². The minimum Gasteiger partial charge on any atom is -0.384 e. The largest absolute Gasteiger partial charge is 0.384 e. The summed E-state index contributed by atoms with van der Waals surface area (Å²) in [6.45, 7) is 4.84. The summed E-state index contributed by atoms with van der Waals surface area (Å²) < 4.78 is 5.90. The van der Waals surface area contributed by atoms with E-state index in [4.69, 9.17) is 9.84 Å². The van der Waals surface area contributed by atoms with Gasteiger partial charge in [-0.05, 0) is 25.0 Å². The predicted octanol–water partition coefficient (Wildman–Crippen LogP) is 3.91. The summed E-state index contributed by atoms with van der Waals surface area (Å²) in [6.07, 6.45) is 6.51. The molecule has 0 radical (unpaired) electrons. The average Bonchev–Trinajstić information content (AvgIpc) is 2.48. The van der Waals surface area contributed by atoms with E-state index >= 15 is 0 Å². The molecule has 0 bridgehead atoms. The van der Waals surface area contributed by atoms with E-state index in [1.54, 1.807) is 0 Å². The van der Waals surface area contributed by atoms with Crippen LogP contribution in [0, 0.1) is 11.8 Å². The first kappa shape index (κ1) is 16.8. The maximum absolute atomic E-state index is 8.77. The number of rotatable bonds is 8. The third-order valence-corrected chi connectivity index (χ3v) is 3.31. The molecule has 0 aliphatic carbocycles. The van der Waals surface area contributed by atoms with Gasteiger partial charge in [0.05, 0.1) is 12.7 Å². The van der Waals surface area contributed by atoms with Gasteiger partial charge in [-0.3, -0.25) is 0 Å². The van der Waals surface area contributed by atoms with E-state index in [2.05, 4.69) is 25.7 Å². The summed E-state index contributed by atoms with van der Waals surface area (Å²) in [4.78, 5) is 0. The van der Waals surface area contributed by atoms with Gasteiger partial charge in [-0.1, -0.05) is 62.6 Å². The number of ether oxygens (including phenoxy) is 1. The number of aliphatic hydroxyl groups is 1. The SMILES string of the molecule is CCCCCCC(C)OCc1ccccc1C#CCO. The van der Waals surface area contributed by atoms with Gasteiger partial charge in [0, 0.05) is 5.56 Å². The molecule has 0 aliphatic rings. The molecular formula is C18H26O2. The molecule has 20 heavy (non-hydrogen) atoms. The highest BCUT2D eigenvalue weighted by Gasteiger charge is 2.05. The van der Waals surface area contributed by atoms with Crippen LogP contribution in [0.4, 0.5) is 0 Å². The van der Waals surface area contributed by atoms with Gasteiger partial charge in [-0.15, -0.1) is 0 Å². The van der Waals surface area contributed by atoms with Crippen molar-refractivity contribution in [3.63, 3.8) is 0 Å². The quantitative estimate of drug-likeness (QED) is 0.575. The van der Waals surface area contributed by atoms with Crippen LogP contribution in [0.3, 0.4) is 0 Å². The molecule has 0 saturated heterocycles. The van der Waals surface area contributed by atoms with E-state index in [0.29, 0.717) is 6.61 Å². The van der Waals surface area contributed by atoms with Crippen LogP contribution in [-0.2, 0) is 11.3 Å². The fraction of sp³-hybridized carbons (Fsp3) is 0.556. The summed E-state index contributed by atoms with van der Waals surface area (Å²) in [5, 5.41) is 8.77. The lowest BCUT2D eigenvalue weighted by Gasteiger charge is -2.13. The lowest BCUT2D eigenvalue weighted by molar-refractivity contribution is 0.0458. The molecule has 2 nitrogen and oxygen atoms in total. The first-order chi connectivity index (χ1) is 9.77. The van der Waals surface area contributed by atoms with Crippen LogP contribution in [0.25, 0.3) is 0 Å². The highest BCUT2D eigenvalue weighted by atomic mass is 16.5. The molecule has 0 saturated carbocycles. The Bertz CT molecular complexity index is 429. The Balaban J connectivity index is 2.41. The maximum atomic E-state index is 8.77. The Morgan fingerprint density at radius 1 is 1.20 bits per heavy atom. The van der Waals surface area contributed by atoms with Crippen molar-refractivity contribution in [2.45, 2.75) is 58.7 Å². The Labute approximate surface area is 123 Å². The van der Waals surface area contributed by atoms with Gasteiger partial charge in [0.2, 0.25) is 0 Å². The van der Waals surface area contributed by atoms with E-state index in [1.807, 2.05) is 24.3 Å². The molecule has 1 N–H and O–H groups in total. The van der Waals surface area contributed by atoms with Gasteiger partial charge in [-0.2, -0.15) is 0 Å². The Kier molecular flexibility index (Phi) is 8.78. The van der Waals surface area contributed by atoms with Crippen LogP contribution in [0.15, 0.2) is 24.3 Å². The van der Waals surface area contributed by atoms with Crippen molar-refractivity contribution >= 4 is 0 Å². The highest BCUT2D eigenvalue weighted by molar-refractivity contribution is 5.40. The van der Waals surface area contributed by atoms with Gasteiger partial charge >= 0.3 is 0 Å². The zero-order valence-electron chi connectivity index (χ0n) is 12.7. The van der Waals surface area contributed by atoms with Crippen molar-refractivity contribution < 1.29 is 9.84 Å². The third-order valence-electron chi connectivity index (χ3n) is 3.31. The van der Waals surface area contributed by atoms with Gasteiger partial charge < -0.3 is 9.84 Å². The topological polar surface area (TPSA) is 29.5 Å². The lowest BCUT2D eigenvalue weighted by Crippen LogP contribution is -2.08. The summed E-state index contributed by atoms with van der Waals surface area (Å²) in [5.41, 5.74) is 2.04. The first-order valence-electron chi connectivity index (χ1n) is 7.57. The highest BCUT2D eigenvalue weighted by Crippen LogP contribution is 2.13. The summed E-state index contributed by atoms with van der Waals surface area (Å²) in [6, 6.07) is 7.95. The van der Waals surface area contributed by atoms with Crippen LogP contribution >= 0.6 is 0 Å². The monoisotopic (exact) mass is 274 g/mol. The normalized spacial score (nSPS) is 11.8. The zero-order valence-corrected chi connectivity index (χ0v) is 12.7. The molecule has 1 atom stereocenters. The molecule has 0 heterocycles. The number of aliphatic hydroxyl groups excluding tert-OH is 1. The van der Waals surface area contributed by atoms with E-state index in [-0.39, 0.29) is 12.7 Å². The fourth-order valence-corrected chi connectivity index (χ4v) is 2.08. The lowest BCUT2D eigenvalue weighted by atomic mass is 10.1. The molecule has 0 aliphatic heterocycles. The fourth-order valence-electron chi connectivity index (χ4n) is 2.08. The van der Waals surface area contributed by atoms with E-state index in [1.165, 1.54) is 25.7 Å². The molecule has 0 spiro atoms. The number of unbranched alkanes of at least 4 members (excludes halogenated alkanes) is 3. The first-order valence-corrected chi connectivity index (χ1v) is 7.57. The molecule has 0 fully saturated rings. The zero-order chi connectivity index (χ0) is 14.6. The van der Waals surface area contributed by atoms with Gasteiger partial charge in [-0.25, -0.2) is 0 Å². The van der Waals surface area contributed by atoms with Crippen LogP contribution in [0.1, 0.15) is 57.1 Å². The molecule has 1 aromatic rings. The molecular weight excluding hydrogens is 248 g/mol. The molecule has 0 amide bonds. The van der Waals surface area contributed by atoms with E-state index in [0.717, 1.165) is 17.5 Å². The standard InChI is InChI=1S/C18H26O2/c1-3-4-5-6-10-16(2)20-15-18-12-8-7-11-17(18)13-9-14-19/h7-8,11-12,16,19H,3-6,10,14-15H2,1-2H3. The van der Waals surface area contributed by atoms with Crippen molar-refractivity contribution in [2.75, 3.05) is 6.61 Å². The Morgan fingerprint density at radius 2 is 2.00 bits per heavy atom. The minimum atomic E-state index is -0.108. The van der Waals surface area contributed by atoms with Gasteiger partial charge in [0.15, 0.2) is 0 Å². The summed E-state index contributed by atoms with van der Waals surface area (Å²) in [7, 11) is 0. The summed E-state index contributed by atoms with van der Waals surface area (Å²) in [5.74, 6) is 5.66. The Hall–Kier alpha value is -1.30. The van der Waals surface area contributed by atoms with Crippen molar-refractivity contribution in [3.8, 4) is 11.8 Å². The van der Waals surface area contributed by atoms with E-state index < -0.39 is 0 Å². The predicted molar refractivity (Wildman–Crippen MR) is 83.4 cm³/mol. The number of hydrogen-bond acceptors (Lipinski definition) is 2.